The van der Waals surface area contributed by atoms with Gasteiger partial charge in [-0.25, -0.2) is 0 Å². The van der Waals surface area contributed by atoms with E-state index in [1.54, 1.807) is 0 Å². The molecule has 0 saturated heterocycles. The fraction of sp³-hybridized carbons (Fsp3) is 0.154. The summed E-state index contributed by atoms with van der Waals surface area (Å²) in [6.45, 7) is 18.4. The highest BCUT2D eigenvalue weighted by Crippen LogP contribution is 2.63. The van der Waals surface area contributed by atoms with Crippen LogP contribution in [0.4, 0.5) is 34.1 Å². The van der Waals surface area contributed by atoms with Crippen LogP contribution < -0.4 is 9.80 Å². The minimum atomic E-state index is -0.647. The number of allylic oxidation sites excluding steroid dienone is 2. The fourth-order valence-electron chi connectivity index (χ4n) is 8.62. The van der Waals surface area contributed by atoms with Gasteiger partial charge in [-0.1, -0.05) is 64.1 Å². The Balaban J connectivity index is 1.49. The summed E-state index contributed by atoms with van der Waals surface area (Å²) in [5.41, 5.74) is 13.1. The average molecular weight is 751 g/mol. The molecule has 0 saturated carbocycles. The lowest BCUT2D eigenvalue weighted by molar-refractivity contribution is 0.293. The van der Waals surface area contributed by atoms with Gasteiger partial charge in [-0.05, 0) is 156 Å². The number of anilines is 6. The zero-order chi connectivity index (χ0) is 41.2. The van der Waals surface area contributed by atoms with Crippen LogP contribution in [0.3, 0.4) is 0 Å². The first-order valence-corrected chi connectivity index (χ1v) is 19.3. The summed E-state index contributed by atoms with van der Waals surface area (Å²) in [6.07, 6.45) is 1.53. The molecule has 7 rings (SSSR count). The lowest BCUT2D eigenvalue weighted by atomic mass is 9.54. The Hall–Kier alpha value is -7.64. The maximum atomic E-state index is 9.61. The Morgan fingerprint density at radius 1 is 0.483 bits per heavy atom. The molecule has 0 amide bonds. The first kappa shape index (κ1) is 38.6. The maximum Gasteiger partial charge on any atom is 0.0991 e. The van der Waals surface area contributed by atoms with Gasteiger partial charge in [0.05, 0.1) is 46.5 Å². The van der Waals surface area contributed by atoms with Crippen LogP contribution in [0.5, 0.6) is 0 Å². The lowest BCUT2D eigenvalue weighted by Crippen LogP contribution is -2.43. The van der Waals surface area contributed by atoms with Gasteiger partial charge in [-0.3, -0.25) is 0 Å². The highest BCUT2D eigenvalue weighted by atomic mass is 15.1. The van der Waals surface area contributed by atoms with Crippen molar-refractivity contribution >= 4 is 34.1 Å². The van der Waals surface area contributed by atoms with E-state index in [9.17, 15) is 21.0 Å². The van der Waals surface area contributed by atoms with Crippen molar-refractivity contribution in [3.63, 3.8) is 0 Å². The molecule has 0 atom stereocenters. The second kappa shape index (κ2) is 15.5. The molecule has 6 nitrogen and oxygen atoms in total. The minimum absolute atomic E-state index is 0.569. The van der Waals surface area contributed by atoms with Gasteiger partial charge in [0, 0.05) is 45.0 Å². The van der Waals surface area contributed by atoms with Gasteiger partial charge in [0.25, 0.3) is 0 Å². The van der Waals surface area contributed by atoms with Crippen molar-refractivity contribution in [2.24, 2.45) is 5.41 Å². The molecular formula is C52H42N6. The van der Waals surface area contributed by atoms with Crippen LogP contribution in [-0.2, 0) is 5.41 Å². The highest BCUT2D eigenvalue weighted by molar-refractivity contribution is 5.89. The monoisotopic (exact) mass is 750 g/mol. The quantitative estimate of drug-likeness (QED) is 0.122. The van der Waals surface area contributed by atoms with Gasteiger partial charge in [-0.15, -0.1) is 0 Å². The Morgan fingerprint density at radius 3 is 0.983 bits per heavy atom. The first-order valence-electron chi connectivity index (χ1n) is 19.3. The minimum Gasteiger partial charge on any atom is -0.310 e. The van der Waals surface area contributed by atoms with Gasteiger partial charge in [0.15, 0.2) is 0 Å². The third kappa shape index (κ3) is 6.29. The first-order chi connectivity index (χ1) is 28.0. The summed E-state index contributed by atoms with van der Waals surface area (Å²) in [5.74, 6) is 0. The normalized spacial score (nSPS) is 12.1. The van der Waals surface area contributed by atoms with Crippen molar-refractivity contribution in [1.82, 2.24) is 0 Å². The molecule has 6 aromatic rings. The zero-order valence-corrected chi connectivity index (χ0v) is 33.2. The van der Waals surface area contributed by atoms with Gasteiger partial charge in [-0.2, -0.15) is 21.0 Å². The molecule has 6 aromatic carbocycles. The topological polar surface area (TPSA) is 102 Å². The molecule has 6 heteroatoms. The van der Waals surface area contributed by atoms with E-state index in [1.807, 2.05) is 97.1 Å². The molecule has 0 bridgehead atoms. The number of nitrogens with zero attached hydrogens (tertiary/aromatic N) is 6. The number of fused-ring (bicyclic) bond motifs is 3. The predicted molar refractivity (Wildman–Crippen MR) is 234 cm³/mol. The van der Waals surface area contributed by atoms with Crippen LogP contribution in [0.25, 0.3) is 11.1 Å². The van der Waals surface area contributed by atoms with Crippen molar-refractivity contribution in [2.45, 2.75) is 46.0 Å². The number of rotatable bonds is 11. The second-order valence-corrected chi connectivity index (χ2v) is 14.9. The van der Waals surface area contributed by atoms with Crippen molar-refractivity contribution in [2.75, 3.05) is 9.80 Å². The molecule has 0 fully saturated rings. The predicted octanol–water partition coefficient (Wildman–Crippen LogP) is 13.3. The Labute approximate surface area is 341 Å². The van der Waals surface area contributed by atoms with Crippen molar-refractivity contribution in [1.29, 1.82) is 21.0 Å². The van der Waals surface area contributed by atoms with Crippen LogP contribution >= 0.6 is 0 Å². The van der Waals surface area contributed by atoms with Crippen LogP contribution in [-0.4, -0.2) is 0 Å². The van der Waals surface area contributed by atoms with E-state index in [0.717, 1.165) is 80.4 Å². The average Bonchev–Trinajstić information content (AvgIpc) is 3.54. The van der Waals surface area contributed by atoms with Crippen LogP contribution in [0.1, 0.15) is 73.9 Å². The van der Waals surface area contributed by atoms with Crippen LogP contribution in [0.15, 0.2) is 158 Å². The highest BCUT2D eigenvalue weighted by Gasteiger charge is 2.54. The SMILES string of the molecule is C=C(CC)C(C)(C(=C)CC)C1(C)c2cc(N(c3ccc(C#N)cc3)c3ccc(C#N)cc3)ccc2-c2ccc(N(c3ccc(C#N)cc3)c3ccc(C#N)cc3)cc21. The summed E-state index contributed by atoms with van der Waals surface area (Å²) in [4.78, 5) is 4.32. The molecule has 0 N–H and O–H groups in total. The van der Waals surface area contributed by atoms with E-state index < -0.39 is 10.8 Å². The number of hydrogen-bond acceptors (Lipinski definition) is 6. The summed E-state index contributed by atoms with van der Waals surface area (Å²) in [5, 5.41) is 38.4. The van der Waals surface area contributed by atoms with Crippen molar-refractivity contribution in [3.8, 4) is 35.4 Å². The van der Waals surface area contributed by atoms with Gasteiger partial charge >= 0.3 is 0 Å². The summed E-state index contributed by atoms with van der Waals surface area (Å²) in [6, 6.07) is 52.4. The van der Waals surface area contributed by atoms with Crippen LogP contribution in [0.2, 0.25) is 0 Å². The zero-order valence-electron chi connectivity index (χ0n) is 33.2. The Kier molecular flexibility index (Phi) is 10.3. The molecule has 0 heterocycles. The van der Waals surface area contributed by atoms with Gasteiger partial charge < -0.3 is 9.80 Å². The summed E-state index contributed by atoms with van der Waals surface area (Å²) in [7, 11) is 0. The van der Waals surface area contributed by atoms with E-state index in [1.165, 1.54) is 0 Å². The van der Waals surface area contributed by atoms with E-state index in [4.69, 9.17) is 13.2 Å². The lowest BCUT2D eigenvalue weighted by Gasteiger charge is -2.49. The summed E-state index contributed by atoms with van der Waals surface area (Å²) < 4.78 is 0. The van der Waals surface area contributed by atoms with E-state index in [-0.39, 0.29) is 0 Å². The fourth-order valence-corrected chi connectivity index (χ4v) is 8.62. The molecule has 1 aliphatic carbocycles. The van der Waals surface area contributed by atoms with Crippen molar-refractivity contribution in [3.05, 3.63) is 191 Å². The van der Waals surface area contributed by atoms with E-state index >= 15 is 0 Å². The largest absolute Gasteiger partial charge is 0.310 e. The number of benzene rings is 6. The third-order valence-corrected chi connectivity index (χ3v) is 12.2. The van der Waals surface area contributed by atoms with Crippen molar-refractivity contribution < 1.29 is 0 Å². The van der Waals surface area contributed by atoms with E-state index in [0.29, 0.717) is 22.3 Å². The molecule has 0 unspecified atom stereocenters. The molecular weight excluding hydrogens is 709 g/mol. The molecule has 0 aromatic heterocycles. The molecule has 0 spiro atoms. The van der Waals surface area contributed by atoms with Gasteiger partial charge in [0.2, 0.25) is 0 Å². The third-order valence-electron chi connectivity index (χ3n) is 12.2. The van der Waals surface area contributed by atoms with E-state index in [2.05, 4.69) is 98.2 Å². The Bertz CT molecular complexity index is 2430. The number of hydrogen-bond donors (Lipinski definition) is 0. The molecule has 58 heavy (non-hydrogen) atoms. The smallest absolute Gasteiger partial charge is 0.0991 e. The molecule has 0 radical (unpaired) electrons. The molecule has 1 aliphatic rings. The maximum absolute atomic E-state index is 9.61. The Morgan fingerprint density at radius 2 is 0.741 bits per heavy atom. The molecule has 280 valence electrons. The molecule has 0 aliphatic heterocycles. The standard InChI is InChI=1S/C52H42N6/c1-7-35(3)51(5,36(4)8-2)52(6)49-29-45(57(41-17-9-37(31-53)10-18-41)42-19-11-38(32-54)12-20-42)25-27-47(49)48-28-26-46(30-50(48)52)58(43-21-13-39(33-55)14-22-43)44-23-15-40(34-56)16-24-44/h9-30H,3-4,7-8H2,1-2,5-6H3. The summed E-state index contributed by atoms with van der Waals surface area (Å²) >= 11 is 0. The second-order valence-electron chi connectivity index (χ2n) is 14.9. The van der Waals surface area contributed by atoms with Crippen LogP contribution in [0, 0.1) is 50.7 Å². The van der Waals surface area contributed by atoms with Gasteiger partial charge in [0.1, 0.15) is 0 Å². The number of nitriles is 4.